The molecule has 1 heterocycles. The number of aryl methyl sites for hydroxylation is 3. The van der Waals surface area contributed by atoms with Crippen LogP contribution >= 0.6 is 11.3 Å². The van der Waals surface area contributed by atoms with Crippen molar-refractivity contribution in [2.24, 2.45) is 5.73 Å². The monoisotopic (exact) mass is 314 g/mol. The molecule has 2 amide bonds. The molecule has 4 nitrogen and oxygen atoms in total. The highest BCUT2D eigenvalue weighted by Crippen LogP contribution is 2.39. The van der Waals surface area contributed by atoms with Crippen molar-refractivity contribution in [3.05, 3.63) is 50.9 Å². The molecule has 0 bridgehead atoms. The van der Waals surface area contributed by atoms with Crippen molar-refractivity contribution >= 4 is 28.2 Å². The minimum Gasteiger partial charge on any atom is -0.365 e. The summed E-state index contributed by atoms with van der Waals surface area (Å²) in [5.74, 6) is -0.657. The number of anilines is 1. The number of carbonyl (C=O) groups is 2. The van der Waals surface area contributed by atoms with E-state index in [9.17, 15) is 9.59 Å². The summed E-state index contributed by atoms with van der Waals surface area (Å²) in [5.41, 5.74) is 9.68. The average Bonchev–Trinajstić information content (AvgIpc) is 2.97. The zero-order valence-corrected chi connectivity index (χ0v) is 13.5. The summed E-state index contributed by atoms with van der Waals surface area (Å²) in [6.45, 7) is 3.90. The van der Waals surface area contributed by atoms with Crippen LogP contribution in [0.25, 0.3) is 0 Å². The number of thiophene rings is 1. The zero-order chi connectivity index (χ0) is 15.9. The molecule has 22 heavy (non-hydrogen) atoms. The summed E-state index contributed by atoms with van der Waals surface area (Å²) in [6.07, 6.45) is 2.87. The highest BCUT2D eigenvalue weighted by atomic mass is 32.1. The maximum atomic E-state index is 12.5. The van der Waals surface area contributed by atoms with E-state index in [-0.39, 0.29) is 5.91 Å². The van der Waals surface area contributed by atoms with Gasteiger partial charge < -0.3 is 11.1 Å². The lowest BCUT2D eigenvalue weighted by Gasteiger charge is -2.08. The van der Waals surface area contributed by atoms with Gasteiger partial charge in [-0.05, 0) is 50.3 Å². The predicted molar refractivity (Wildman–Crippen MR) is 88.7 cm³/mol. The zero-order valence-electron chi connectivity index (χ0n) is 12.7. The van der Waals surface area contributed by atoms with Gasteiger partial charge >= 0.3 is 0 Å². The van der Waals surface area contributed by atoms with Gasteiger partial charge in [-0.1, -0.05) is 17.7 Å². The van der Waals surface area contributed by atoms with Gasteiger partial charge in [-0.2, -0.15) is 0 Å². The fourth-order valence-electron chi connectivity index (χ4n) is 2.99. The summed E-state index contributed by atoms with van der Waals surface area (Å²) in [5, 5.41) is 3.46. The van der Waals surface area contributed by atoms with E-state index < -0.39 is 5.91 Å². The molecule has 0 atom stereocenters. The molecule has 0 fully saturated rings. The normalized spacial score (nSPS) is 13.0. The van der Waals surface area contributed by atoms with E-state index in [2.05, 4.69) is 5.32 Å². The Bertz CT molecular complexity index is 777. The summed E-state index contributed by atoms with van der Waals surface area (Å²) < 4.78 is 0. The molecular weight excluding hydrogens is 296 g/mol. The van der Waals surface area contributed by atoms with Crippen LogP contribution in [0, 0.1) is 13.8 Å². The van der Waals surface area contributed by atoms with Crippen LogP contribution in [0.5, 0.6) is 0 Å². The highest BCUT2D eigenvalue weighted by Gasteiger charge is 2.26. The Morgan fingerprint density at radius 2 is 2.00 bits per heavy atom. The van der Waals surface area contributed by atoms with Crippen LogP contribution in [0.1, 0.15) is 48.7 Å². The van der Waals surface area contributed by atoms with Gasteiger partial charge in [-0.25, -0.2) is 0 Å². The van der Waals surface area contributed by atoms with E-state index in [1.54, 1.807) is 0 Å². The molecule has 3 rings (SSSR count). The van der Waals surface area contributed by atoms with Crippen LogP contribution in [0.2, 0.25) is 0 Å². The number of carbonyl (C=O) groups excluding carboxylic acids is 2. The Labute approximate surface area is 133 Å². The lowest BCUT2D eigenvalue weighted by atomic mass is 10.1. The smallest absolute Gasteiger partial charge is 0.256 e. The first kappa shape index (κ1) is 14.8. The topological polar surface area (TPSA) is 72.2 Å². The van der Waals surface area contributed by atoms with E-state index in [0.717, 1.165) is 36.0 Å². The summed E-state index contributed by atoms with van der Waals surface area (Å²) in [7, 11) is 0. The lowest BCUT2D eigenvalue weighted by molar-refractivity contribution is 0.100. The lowest BCUT2D eigenvalue weighted by Crippen LogP contribution is -2.18. The summed E-state index contributed by atoms with van der Waals surface area (Å²) in [6, 6.07) is 5.69. The van der Waals surface area contributed by atoms with E-state index >= 15 is 0 Å². The van der Waals surface area contributed by atoms with E-state index in [0.29, 0.717) is 16.1 Å². The van der Waals surface area contributed by atoms with Gasteiger partial charge in [-0.15, -0.1) is 11.3 Å². The molecule has 1 aromatic carbocycles. The number of rotatable bonds is 3. The SMILES string of the molecule is Cc1ccc(C(=O)Nc2sc3c(c2C(N)=O)CCC3)c(C)c1. The Hall–Kier alpha value is -2.14. The molecule has 2 aromatic rings. The molecule has 3 N–H and O–H groups in total. The molecule has 0 saturated heterocycles. The molecule has 0 unspecified atom stereocenters. The molecule has 0 spiro atoms. The summed E-state index contributed by atoms with van der Waals surface area (Å²) in [4.78, 5) is 25.4. The quantitative estimate of drug-likeness (QED) is 0.913. The second-order valence-electron chi connectivity index (χ2n) is 5.70. The minimum absolute atomic E-state index is 0.195. The van der Waals surface area contributed by atoms with E-state index in [4.69, 9.17) is 5.73 Å². The fraction of sp³-hybridized carbons (Fsp3) is 0.294. The Balaban J connectivity index is 1.93. The number of fused-ring (bicyclic) bond motifs is 1. The van der Waals surface area contributed by atoms with Gasteiger partial charge in [0.1, 0.15) is 5.00 Å². The average molecular weight is 314 g/mol. The van der Waals surface area contributed by atoms with Crippen LogP contribution < -0.4 is 11.1 Å². The Kier molecular flexibility index (Phi) is 3.74. The highest BCUT2D eigenvalue weighted by molar-refractivity contribution is 7.17. The third kappa shape index (κ3) is 2.52. The number of nitrogens with one attached hydrogen (secondary N) is 1. The van der Waals surface area contributed by atoms with Gasteiger partial charge in [0, 0.05) is 10.4 Å². The van der Waals surface area contributed by atoms with Gasteiger partial charge in [-0.3, -0.25) is 9.59 Å². The van der Waals surface area contributed by atoms with Gasteiger partial charge in [0.05, 0.1) is 5.56 Å². The Morgan fingerprint density at radius 1 is 1.23 bits per heavy atom. The van der Waals surface area contributed by atoms with E-state index in [1.165, 1.54) is 16.2 Å². The largest absolute Gasteiger partial charge is 0.365 e. The maximum Gasteiger partial charge on any atom is 0.256 e. The molecule has 5 heteroatoms. The number of benzene rings is 1. The number of nitrogens with two attached hydrogens (primary N) is 1. The van der Waals surface area contributed by atoms with Crippen LogP contribution in [0.4, 0.5) is 5.00 Å². The second-order valence-corrected chi connectivity index (χ2v) is 6.80. The summed E-state index contributed by atoms with van der Waals surface area (Å²) >= 11 is 1.48. The van der Waals surface area contributed by atoms with Gasteiger partial charge in [0.25, 0.3) is 11.8 Å². The van der Waals surface area contributed by atoms with Crippen LogP contribution in [-0.4, -0.2) is 11.8 Å². The van der Waals surface area contributed by atoms with Crippen molar-refractivity contribution in [1.29, 1.82) is 0 Å². The molecule has 0 saturated carbocycles. The van der Waals surface area contributed by atoms with Crippen molar-refractivity contribution in [2.75, 3.05) is 5.32 Å². The fourth-order valence-corrected chi connectivity index (χ4v) is 4.28. The second kappa shape index (κ2) is 5.57. The van der Waals surface area contributed by atoms with Gasteiger partial charge in [0.15, 0.2) is 0 Å². The molecule has 0 aliphatic heterocycles. The van der Waals surface area contributed by atoms with Crippen LogP contribution in [-0.2, 0) is 12.8 Å². The first-order valence-electron chi connectivity index (χ1n) is 7.30. The van der Waals surface area contributed by atoms with Crippen LogP contribution in [0.3, 0.4) is 0 Å². The number of amides is 2. The van der Waals surface area contributed by atoms with Crippen molar-refractivity contribution in [3.63, 3.8) is 0 Å². The van der Waals surface area contributed by atoms with E-state index in [1.807, 2.05) is 32.0 Å². The maximum absolute atomic E-state index is 12.5. The minimum atomic E-state index is -0.463. The molecule has 1 aliphatic rings. The number of hydrogen-bond donors (Lipinski definition) is 2. The van der Waals surface area contributed by atoms with Gasteiger partial charge in [0.2, 0.25) is 0 Å². The van der Waals surface area contributed by atoms with Crippen LogP contribution in [0.15, 0.2) is 18.2 Å². The third-order valence-electron chi connectivity index (χ3n) is 4.02. The van der Waals surface area contributed by atoms with Crippen molar-refractivity contribution < 1.29 is 9.59 Å². The standard InChI is InChI=1S/C17H18N2O2S/c1-9-6-7-11(10(2)8-9)16(21)19-17-14(15(18)20)12-4-3-5-13(12)22-17/h6-8H,3-5H2,1-2H3,(H2,18,20)(H,19,21). The molecule has 1 aromatic heterocycles. The third-order valence-corrected chi connectivity index (χ3v) is 5.23. The first-order chi connectivity index (χ1) is 10.5. The van der Waals surface area contributed by atoms with Crippen molar-refractivity contribution in [1.82, 2.24) is 0 Å². The first-order valence-corrected chi connectivity index (χ1v) is 8.12. The number of hydrogen-bond acceptors (Lipinski definition) is 3. The molecular formula is C17H18N2O2S. The molecule has 0 radical (unpaired) electrons. The van der Waals surface area contributed by atoms with Crippen molar-refractivity contribution in [2.45, 2.75) is 33.1 Å². The number of primary amides is 1. The predicted octanol–water partition coefficient (Wildman–Crippen LogP) is 3.20. The Morgan fingerprint density at radius 3 is 2.68 bits per heavy atom. The molecule has 1 aliphatic carbocycles. The van der Waals surface area contributed by atoms with Crippen molar-refractivity contribution in [3.8, 4) is 0 Å². The molecule has 114 valence electrons.